The molecule has 0 unspecified atom stereocenters. The number of nitrogens with zero attached hydrogens (tertiary/aromatic N) is 4. The largest absolute Gasteiger partial charge is 0.403 e. The molecule has 1 aromatic heterocycles. The molecule has 33 heavy (non-hydrogen) atoms. The number of sulfonamides is 1. The lowest BCUT2D eigenvalue weighted by molar-refractivity contribution is -0.121. The van der Waals surface area contributed by atoms with Gasteiger partial charge in [0.15, 0.2) is 0 Å². The number of nitrogens with one attached hydrogen (secondary N) is 1. The number of carbonyl (C=O) groups is 3. The quantitative estimate of drug-likeness (QED) is 0.539. The Labute approximate surface area is 189 Å². The Morgan fingerprint density at radius 3 is 2.33 bits per heavy atom. The van der Waals surface area contributed by atoms with Gasteiger partial charge in [-0.05, 0) is 42.5 Å². The van der Waals surface area contributed by atoms with Crippen LogP contribution in [0, 0.1) is 0 Å². The molecule has 0 bridgehead atoms. The standard InChI is InChI=1S/C21H19N5O6S/c1-25(2)33(30,31)16-8-6-13(7-9-16)20-23-24-21(32-20)22-19(29)14-4-3-5-15(12-14)26-17(27)10-11-18(26)28/h3-9,12H,10-11H2,1-2H3,(H,22,24,29). The Morgan fingerprint density at radius 2 is 1.70 bits per heavy atom. The normalized spacial score (nSPS) is 14.2. The highest BCUT2D eigenvalue weighted by Crippen LogP contribution is 2.25. The Hall–Kier alpha value is -3.90. The van der Waals surface area contributed by atoms with Crippen LogP contribution in [0.15, 0.2) is 57.8 Å². The molecule has 1 aliphatic rings. The number of anilines is 2. The first-order valence-corrected chi connectivity index (χ1v) is 11.2. The van der Waals surface area contributed by atoms with Crippen LogP contribution in [0.4, 0.5) is 11.7 Å². The van der Waals surface area contributed by atoms with Crippen LogP contribution in [0.5, 0.6) is 0 Å². The van der Waals surface area contributed by atoms with Crippen molar-refractivity contribution in [3.8, 4) is 11.5 Å². The summed E-state index contributed by atoms with van der Waals surface area (Å²) in [5, 5.41) is 10.1. The van der Waals surface area contributed by atoms with Crippen LogP contribution < -0.4 is 10.2 Å². The SMILES string of the molecule is CN(C)S(=O)(=O)c1ccc(-c2nnc(NC(=O)c3cccc(N4C(=O)CCC4=O)c3)o2)cc1. The van der Waals surface area contributed by atoms with Gasteiger partial charge in [-0.1, -0.05) is 11.2 Å². The fourth-order valence-corrected chi connectivity index (χ4v) is 4.09. The second-order valence-corrected chi connectivity index (χ2v) is 9.50. The Balaban J connectivity index is 1.49. The summed E-state index contributed by atoms with van der Waals surface area (Å²) in [4.78, 5) is 37.7. The van der Waals surface area contributed by atoms with Crippen molar-refractivity contribution in [1.82, 2.24) is 14.5 Å². The highest BCUT2D eigenvalue weighted by Gasteiger charge is 2.30. The highest BCUT2D eigenvalue weighted by molar-refractivity contribution is 7.89. The number of hydrogen-bond acceptors (Lipinski definition) is 8. The monoisotopic (exact) mass is 469 g/mol. The van der Waals surface area contributed by atoms with Gasteiger partial charge in [0.2, 0.25) is 27.7 Å². The van der Waals surface area contributed by atoms with Crippen molar-refractivity contribution in [3.05, 3.63) is 54.1 Å². The van der Waals surface area contributed by atoms with Crippen LogP contribution in [0.2, 0.25) is 0 Å². The average molecular weight is 469 g/mol. The summed E-state index contributed by atoms with van der Waals surface area (Å²) in [6, 6.07) is 11.8. The Bertz CT molecular complexity index is 1330. The highest BCUT2D eigenvalue weighted by atomic mass is 32.2. The molecular weight excluding hydrogens is 450 g/mol. The van der Waals surface area contributed by atoms with Crippen molar-refractivity contribution >= 4 is 39.4 Å². The van der Waals surface area contributed by atoms with E-state index < -0.39 is 15.9 Å². The number of carbonyl (C=O) groups excluding carboxylic acids is 3. The van der Waals surface area contributed by atoms with Crippen molar-refractivity contribution in [2.75, 3.05) is 24.3 Å². The molecule has 3 amide bonds. The van der Waals surface area contributed by atoms with Gasteiger partial charge in [0.1, 0.15) is 0 Å². The molecular formula is C21H19N5O6S. The third-order valence-electron chi connectivity index (χ3n) is 4.94. The van der Waals surface area contributed by atoms with Crippen LogP contribution in [0.25, 0.3) is 11.5 Å². The number of amides is 3. The topological polar surface area (TPSA) is 143 Å². The van der Waals surface area contributed by atoms with Gasteiger partial charge in [-0.25, -0.2) is 12.7 Å². The molecule has 1 N–H and O–H groups in total. The summed E-state index contributed by atoms with van der Waals surface area (Å²) in [5.41, 5.74) is 0.973. The first-order valence-electron chi connectivity index (χ1n) is 9.80. The summed E-state index contributed by atoms with van der Waals surface area (Å²) >= 11 is 0. The van der Waals surface area contributed by atoms with Gasteiger partial charge in [-0.2, -0.15) is 0 Å². The average Bonchev–Trinajstić information content (AvgIpc) is 3.39. The lowest BCUT2D eigenvalue weighted by Gasteiger charge is -2.14. The summed E-state index contributed by atoms with van der Waals surface area (Å²) in [7, 11) is -0.695. The van der Waals surface area contributed by atoms with Crippen molar-refractivity contribution in [1.29, 1.82) is 0 Å². The third-order valence-corrected chi connectivity index (χ3v) is 6.77. The van der Waals surface area contributed by atoms with E-state index >= 15 is 0 Å². The molecule has 170 valence electrons. The smallest absolute Gasteiger partial charge is 0.322 e. The number of benzene rings is 2. The van der Waals surface area contributed by atoms with E-state index in [0.717, 1.165) is 9.21 Å². The zero-order valence-electron chi connectivity index (χ0n) is 17.7. The molecule has 2 heterocycles. The maximum atomic E-state index is 12.6. The van der Waals surface area contributed by atoms with Crippen LogP contribution in [-0.2, 0) is 19.6 Å². The van der Waals surface area contributed by atoms with Gasteiger partial charge in [0, 0.05) is 38.1 Å². The zero-order chi connectivity index (χ0) is 23.8. The van der Waals surface area contributed by atoms with Crippen molar-refractivity contribution < 1.29 is 27.2 Å². The van der Waals surface area contributed by atoms with Crippen LogP contribution >= 0.6 is 0 Å². The minimum atomic E-state index is -3.57. The fourth-order valence-electron chi connectivity index (χ4n) is 3.19. The predicted octanol–water partition coefficient (Wildman–Crippen LogP) is 1.89. The zero-order valence-corrected chi connectivity index (χ0v) is 18.5. The molecule has 0 atom stereocenters. The van der Waals surface area contributed by atoms with Crippen molar-refractivity contribution in [3.63, 3.8) is 0 Å². The molecule has 2 aromatic carbocycles. The molecule has 0 saturated carbocycles. The number of imide groups is 1. The van der Waals surface area contributed by atoms with Gasteiger partial charge < -0.3 is 4.42 Å². The van der Waals surface area contributed by atoms with E-state index in [9.17, 15) is 22.8 Å². The minimum absolute atomic E-state index is 0.0844. The van der Waals surface area contributed by atoms with Crippen LogP contribution in [0.1, 0.15) is 23.2 Å². The van der Waals surface area contributed by atoms with E-state index in [1.807, 2.05) is 0 Å². The molecule has 0 radical (unpaired) electrons. The third kappa shape index (κ3) is 4.38. The Morgan fingerprint density at radius 1 is 1.03 bits per heavy atom. The molecule has 12 heteroatoms. The van der Waals surface area contributed by atoms with Crippen LogP contribution in [-0.4, -0.2) is 54.7 Å². The maximum Gasteiger partial charge on any atom is 0.322 e. The predicted molar refractivity (Wildman–Crippen MR) is 117 cm³/mol. The van der Waals surface area contributed by atoms with Crippen molar-refractivity contribution in [2.45, 2.75) is 17.7 Å². The fraction of sp³-hybridized carbons (Fsp3) is 0.190. The van der Waals surface area contributed by atoms with Gasteiger partial charge in [0.05, 0.1) is 10.6 Å². The number of rotatable bonds is 6. The summed E-state index contributed by atoms with van der Waals surface area (Å²) < 4.78 is 30.9. The summed E-state index contributed by atoms with van der Waals surface area (Å²) in [6.07, 6.45) is 0.282. The van der Waals surface area contributed by atoms with Crippen LogP contribution in [0.3, 0.4) is 0 Å². The molecule has 11 nitrogen and oxygen atoms in total. The van der Waals surface area contributed by atoms with E-state index in [4.69, 9.17) is 4.42 Å². The molecule has 4 rings (SSSR count). The van der Waals surface area contributed by atoms with Gasteiger partial charge >= 0.3 is 6.01 Å². The molecule has 0 aliphatic carbocycles. The van der Waals surface area contributed by atoms with Crippen molar-refractivity contribution in [2.24, 2.45) is 0 Å². The first kappa shape index (κ1) is 22.3. The van der Waals surface area contributed by atoms with E-state index in [1.54, 1.807) is 12.1 Å². The summed E-state index contributed by atoms with van der Waals surface area (Å²) in [6.45, 7) is 0. The molecule has 1 fully saturated rings. The number of hydrogen-bond donors (Lipinski definition) is 1. The van der Waals surface area contributed by atoms with Gasteiger partial charge in [0.25, 0.3) is 5.91 Å². The summed E-state index contributed by atoms with van der Waals surface area (Å²) in [5.74, 6) is -1.12. The lowest BCUT2D eigenvalue weighted by Crippen LogP contribution is -2.28. The van der Waals surface area contributed by atoms with E-state index in [2.05, 4.69) is 15.5 Å². The van der Waals surface area contributed by atoms with Gasteiger partial charge in [-0.3, -0.25) is 24.6 Å². The van der Waals surface area contributed by atoms with E-state index in [1.165, 1.54) is 50.5 Å². The molecule has 1 aliphatic heterocycles. The van der Waals surface area contributed by atoms with E-state index in [0.29, 0.717) is 11.3 Å². The second-order valence-electron chi connectivity index (χ2n) is 7.35. The lowest BCUT2D eigenvalue weighted by atomic mass is 10.2. The molecule has 1 saturated heterocycles. The molecule has 3 aromatic rings. The second kappa shape index (κ2) is 8.56. The maximum absolute atomic E-state index is 12.6. The Kier molecular flexibility index (Phi) is 5.78. The molecule has 0 spiro atoms. The number of aromatic nitrogens is 2. The van der Waals surface area contributed by atoms with Gasteiger partial charge in [-0.15, -0.1) is 5.10 Å². The first-order chi connectivity index (χ1) is 15.7. The minimum Gasteiger partial charge on any atom is -0.403 e. The van der Waals surface area contributed by atoms with E-state index in [-0.39, 0.29) is 47.0 Å².